The van der Waals surface area contributed by atoms with Gasteiger partial charge in [-0.25, -0.2) is 0 Å². The van der Waals surface area contributed by atoms with Gasteiger partial charge in [0.2, 0.25) is 0 Å². The zero-order valence-corrected chi connectivity index (χ0v) is 7.93. The van der Waals surface area contributed by atoms with Crippen LogP contribution in [-0.4, -0.2) is 19.1 Å². The third-order valence-corrected chi connectivity index (χ3v) is 2.46. The van der Waals surface area contributed by atoms with Crippen LogP contribution >= 0.6 is 33.2 Å². The number of ether oxygens (including phenoxy) is 1. The summed E-state index contributed by atoms with van der Waals surface area (Å²) in [6, 6.07) is -2.87. The lowest BCUT2D eigenvalue weighted by Crippen LogP contribution is -2.16. The average molecular weight is 208 g/mol. The topological polar surface area (TPSA) is 26.3 Å². The summed E-state index contributed by atoms with van der Waals surface area (Å²) >= 11 is 16.1. The van der Waals surface area contributed by atoms with Crippen molar-refractivity contribution in [2.45, 2.75) is 6.04 Å². The van der Waals surface area contributed by atoms with Crippen molar-refractivity contribution in [3.05, 3.63) is 0 Å². The molecule has 0 amide bonds. The summed E-state index contributed by atoms with van der Waals surface area (Å²) in [6.45, 7) is 0. The number of methoxy groups -OCH3 is 1. The van der Waals surface area contributed by atoms with Gasteiger partial charge in [-0.3, -0.25) is 4.79 Å². The predicted octanol–water partition coefficient (Wildman–Crippen LogP) is 1.81. The first-order valence-electron chi connectivity index (χ1n) is 2.09. The van der Waals surface area contributed by atoms with Gasteiger partial charge in [0.1, 0.15) is 0 Å². The van der Waals surface area contributed by atoms with Crippen molar-refractivity contribution in [2.24, 2.45) is 0 Å². The van der Waals surface area contributed by atoms with Crippen molar-refractivity contribution < 1.29 is 9.53 Å². The fourth-order valence-electron chi connectivity index (χ4n) is 0.236. The molecule has 54 valence electrons. The molecule has 0 unspecified atom stereocenters. The quantitative estimate of drug-likeness (QED) is 0.392. The highest BCUT2D eigenvalue weighted by atomic mass is 35.8. The molecule has 0 aromatic heterocycles. The van der Waals surface area contributed by atoms with E-state index < -0.39 is 12.0 Å². The van der Waals surface area contributed by atoms with Gasteiger partial charge < -0.3 is 4.74 Å². The molecule has 0 spiro atoms. The highest BCUT2D eigenvalue weighted by Crippen LogP contribution is 2.24. The fourth-order valence-corrected chi connectivity index (χ4v) is 1.69. The highest BCUT2D eigenvalue weighted by molar-refractivity contribution is 7.65. The first kappa shape index (κ1) is 9.56. The number of halogens is 3. The fraction of sp³-hybridized carbons (Fsp3) is 0.667. The molecule has 0 aliphatic heterocycles. The highest BCUT2D eigenvalue weighted by Gasteiger charge is 2.29. The van der Waals surface area contributed by atoms with Crippen molar-refractivity contribution in [1.29, 1.82) is 0 Å². The van der Waals surface area contributed by atoms with Crippen LogP contribution < -0.4 is 0 Å². The Bertz CT molecular complexity index is 110. The molecule has 0 atom stereocenters. The predicted molar refractivity (Wildman–Crippen MR) is 40.1 cm³/mol. The number of carbonyl (C=O) groups excluding carboxylic acids is 1. The van der Waals surface area contributed by atoms with Gasteiger partial charge in [-0.1, -0.05) is 0 Å². The zero-order chi connectivity index (χ0) is 7.49. The second-order valence-corrected chi connectivity index (χ2v) is 10.5. The molecule has 0 heterocycles. The van der Waals surface area contributed by atoms with Gasteiger partial charge in [0.05, 0.1) is 13.2 Å². The van der Waals surface area contributed by atoms with Crippen LogP contribution in [0.2, 0.25) is 6.04 Å². The van der Waals surface area contributed by atoms with Crippen LogP contribution in [0.4, 0.5) is 0 Å². The molecule has 0 saturated carbocycles. The van der Waals surface area contributed by atoms with Crippen LogP contribution in [0.15, 0.2) is 0 Å². The van der Waals surface area contributed by atoms with E-state index in [0.29, 0.717) is 0 Å². The van der Waals surface area contributed by atoms with E-state index in [4.69, 9.17) is 33.2 Å². The van der Waals surface area contributed by atoms with Gasteiger partial charge in [0.25, 0.3) is 0 Å². The normalized spacial score (nSPS) is 11.1. The lowest BCUT2D eigenvalue weighted by atomic mass is 10.8. The summed E-state index contributed by atoms with van der Waals surface area (Å²) in [6.07, 6.45) is 0. The third-order valence-electron chi connectivity index (χ3n) is 0.572. The van der Waals surface area contributed by atoms with E-state index in [1.165, 1.54) is 7.11 Å². The summed E-state index contributed by atoms with van der Waals surface area (Å²) in [4.78, 5) is 10.4. The Labute approximate surface area is 68.2 Å². The van der Waals surface area contributed by atoms with Crippen LogP contribution in [0.1, 0.15) is 0 Å². The largest absolute Gasteiger partial charge is 0.469 e. The molecule has 6 heteroatoms. The molecule has 9 heavy (non-hydrogen) atoms. The molecule has 0 aliphatic carbocycles. The standard InChI is InChI=1S/C3H5Cl3O2Si/c1-8-3(7)2-9(4,5)6/h2H2,1H3. The first-order valence-corrected chi connectivity index (χ1v) is 7.33. The number of hydrogen-bond acceptors (Lipinski definition) is 2. The maximum atomic E-state index is 10.4. The van der Waals surface area contributed by atoms with E-state index >= 15 is 0 Å². The van der Waals surface area contributed by atoms with Crippen molar-refractivity contribution in [1.82, 2.24) is 0 Å². The molecule has 0 saturated heterocycles. The van der Waals surface area contributed by atoms with E-state index in [-0.39, 0.29) is 6.04 Å². The summed E-state index contributed by atoms with van der Waals surface area (Å²) in [5.74, 6) is -0.471. The minimum absolute atomic E-state index is 0.0752. The van der Waals surface area contributed by atoms with Gasteiger partial charge in [0.15, 0.2) is 0 Å². The van der Waals surface area contributed by atoms with E-state index in [1.54, 1.807) is 0 Å². The molecule has 0 fully saturated rings. The Kier molecular flexibility index (Phi) is 3.89. The van der Waals surface area contributed by atoms with Crippen molar-refractivity contribution in [2.75, 3.05) is 7.11 Å². The lowest BCUT2D eigenvalue weighted by Gasteiger charge is -2.03. The number of hydrogen-bond donors (Lipinski definition) is 0. The third kappa shape index (κ3) is 6.44. The molecule has 0 rings (SSSR count). The van der Waals surface area contributed by atoms with Crippen LogP contribution in [0.25, 0.3) is 0 Å². The molecular weight excluding hydrogens is 202 g/mol. The van der Waals surface area contributed by atoms with Crippen LogP contribution in [-0.2, 0) is 9.53 Å². The number of carbonyl (C=O) groups is 1. The Morgan fingerprint density at radius 3 is 2.11 bits per heavy atom. The molecule has 0 radical (unpaired) electrons. The molecular formula is C3H5Cl3O2Si. The van der Waals surface area contributed by atoms with Gasteiger partial charge >= 0.3 is 12.0 Å². The Morgan fingerprint density at radius 1 is 1.56 bits per heavy atom. The molecule has 0 aromatic rings. The first-order chi connectivity index (χ1) is 3.95. The Hall–Kier alpha value is 0.557. The van der Waals surface area contributed by atoms with Gasteiger partial charge in [0, 0.05) is 0 Å². The second-order valence-electron chi connectivity index (χ2n) is 1.37. The van der Waals surface area contributed by atoms with Crippen LogP contribution in [0, 0.1) is 0 Å². The SMILES string of the molecule is COC(=O)C[Si](Cl)(Cl)Cl. The maximum Gasteiger partial charge on any atom is 0.352 e. The van der Waals surface area contributed by atoms with Gasteiger partial charge in [-0.2, -0.15) is 0 Å². The van der Waals surface area contributed by atoms with Crippen molar-refractivity contribution in [3.8, 4) is 0 Å². The van der Waals surface area contributed by atoms with Crippen molar-refractivity contribution >= 4 is 45.2 Å². The van der Waals surface area contributed by atoms with Crippen LogP contribution in [0.3, 0.4) is 0 Å². The van der Waals surface area contributed by atoms with Crippen molar-refractivity contribution in [3.63, 3.8) is 0 Å². The monoisotopic (exact) mass is 206 g/mol. The molecule has 0 aliphatic rings. The average Bonchev–Trinajstić information content (AvgIpc) is 1.62. The minimum Gasteiger partial charge on any atom is -0.469 e. The number of esters is 1. The molecule has 0 bridgehead atoms. The maximum absolute atomic E-state index is 10.4. The minimum atomic E-state index is -2.80. The zero-order valence-electron chi connectivity index (χ0n) is 4.66. The molecule has 0 aromatic carbocycles. The van der Waals surface area contributed by atoms with Crippen LogP contribution in [0.5, 0.6) is 0 Å². The van der Waals surface area contributed by atoms with E-state index in [2.05, 4.69) is 4.74 Å². The summed E-state index contributed by atoms with van der Waals surface area (Å²) in [7, 11) is 1.26. The van der Waals surface area contributed by atoms with Gasteiger partial charge in [-0.05, 0) is 0 Å². The summed E-state index contributed by atoms with van der Waals surface area (Å²) in [5, 5.41) is 0. The summed E-state index contributed by atoms with van der Waals surface area (Å²) in [5.41, 5.74) is 0. The summed E-state index contributed by atoms with van der Waals surface area (Å²) < 4.78 is 4.27. The van der Waals surface area contributed by atoms with E-state index in [0.717, 1.165) is 0 Å². The molecule has 2 nitrogen and oxygen atoms in total. The van der Waals surface area contributed by atoms with E-state index in [9.17, 15) is 4.79 Å². The lowest BCUT2D eigenvalue weighted by molar-refractivity contribution is -0.137. The Balaban J connectivity index is 3.60. The number of rotatable bonds is 2. The van der Waals surface area contributed by atoms with E-state index in [1.807, 2.05) is 0 Å². The molecule has 0 N–H and O–H groups in total. The Morgan fingerprint density at radius 2 is 2.00 bits per heavy atom. The van der Waals surface area contributed by atoms with Gasteiger partial charge in [-0.15, -0.1) is 33.2 Å². The second kappa shape index (κ2) is 3.66. The smallest absolute Gasteiger partial charge is 0.352 e.